The molecule has 5 heteroatoms. The number of ether oxygens (including phenoxy) is 1. The van der Waals surface area contributed by atoms with Crippen LogP contribution in [-0.2, 0) is 14.3 Å². The summed E-state index contributed by atoms with van der Waals surface area (Å²) in [5.74, 6) is -1.41. The summed E-state index contributed by atoms with van der Waals surface area (Å²) in [6.45, 7) is 11.4. The van der Waals surface area contributed by atoms with Crippen molar-refractivity contribution >= 4 is 11.9 Å². The van der Waals surface area contributed by atoms with Crippen LogP contribution in [-0.4, -0.2) is 49.6 Å². The van der Waals surface area contributed by atoms with Gasteiger partial charge in [-0.2, -0.15) is 0 Å². The fraction of sp³-hybridized carbons (Fsp3) is 0.867. The molecule has 1 atom stereocenters. The topological polar surface area (TPSA) is 58.6 Å². The Balaban J connectivity index is 2.48. The van der Waals surface area contributed by atoms with Crippen LogP contribution >= 0.6 is 0 Å². The quantitative estimate of drug-likeness (QED) is 0.592. The lowest BCUT2D eigenvalue weighted by atomic mass is 9.80. The van der Waals surface area contributed by atoms with E-state index in [2.05, 4.69) is 10.2 Å². The van der Waals surface area contributed by atoms with Gasteiger partial charge in [0.05, 0.1) is 6.61 Å². The zero-order chi connectivity index (χ0) is 15.2. The molecule has 1 N–H and O–H groups in total. The van der Waals surface area contributed by atoms with Crippen LogP contribution in [0.2, 0.25) is 0 Å². The number of hydrogen-bond acceptors (Lipinski definition) is 4. The number of carbonyl (C=O) groups excluding carboxylic acids is 2. The third-order valence-corrected chi connectivity index (χ3v) is 3.58. The zero-order valence-electron chi connectivity index (χ0n) is 13.2. The molecule has 0 aromatic rings. The van der Waals surface area contributed by atoms with Crippen molar-refractivity contribution in [3.8, 4) is 0 Å². The summed E-state index contributed by atoms with van der Waals surface area (Å²) in [5.41, 5.74) is -0.440. The lowest BCUT2D eigenvalue weighted by Crippen LogP contribution is -2.45. The van der Waals surface area contributed by atoms with Crippen LogP contribution in [0, 0.1) is 11.3 Å². The van der Waals surface area contributed by atoms with E-state index >= 15 is 0 Å². The first-order valence-electron chi connectivity index (χ1n) is 7.53. The smallest absolute Gasteiger partial charge is 0.319 e. The molecular formula is C15H28N2O3. The molecule has 0 aromatic heterocycles. The lowest BCUT2D eigenvalue weighted by Gasteiger charge is -2.28. The predicted molar refractivity (Wildman–Crippen MR) is 78.3 cm³/mol. The largest absolute Gasteiger partial charge is 0.465 e. The average Bonchev–Trinajstić information content (AvgIpc) is 2.80. The van der Waals surface area contributed by atoms with Gasteiger partial charge in [-0.1, -0.05) is 20.8 Å². The van der Waals surface area contributed by atoms with Gasteiger partial charge in [-0.15, -0.1) is 0 Å². The molecule has 0 spiro atoms. The highest BCUT2D eigenvalue weighted by Gasteiger charge is 2.38. The van der Waals surface area contributed by atoms with Crippen LogP contribution in [0.3, 0.4) is 0 Å². The molecule has 1 aliphatic heterocycles. The van der Waals surface area contributed by atoms with E-state index < -0.39 is 17.3 Å². The van der Waals surface area contributed by atoms with Crippen molar-refractivity contribution < 1.29 is 14.3 Å². The van der Waals surface area contributed by atoms with E-state index in [1.807, 2.05) is 20.8 Å². The molecule has 1 unspecified atom stereocenters. The maximum Gasteiger partial charge on any atom is 0.319 e. The molecule has 1 fully saturated rings. The van der Waals surface area contributed by atoms with E-state index in [1.54, 1.807) is 6.92 Å². The van der Waals surface area contributed by atoms with Gasteiger partial charge in [-0.3, -0.25) is 9.59 Å². The SMILES string of the molecule is CCOC(=O)C(C(=O)NCCN1CCCC1)C(C)(C)C. The maximum absolute atomic E-state index is 12.2. The molecule has 0 aliphatic carbocycles. The summed E-state index contributed by atoms with van der Waals surface area (Å²) in [4.78, 5) is 26.5. The molecule has 0 saturated carbocycles. The van der Waals surface area contributed by atoms with Gasteiger partial charge in [0.15, 0.2) is 0 Å². The Morgan fingerprint density at radius 2 is 1.85 bits per heavy atom. The number of rotatable bonds is 6. The molecule has 5 nitrogen and oxygen atoms in total. The van der Waals surface area contributed by atoms with E-state index in [4.69, 9.17) is 4.74 Å². The summed E-state index contributed by atoms with van der Waals surface area (Å²) in [5, 5.41) is 2.87. The standard InChI is InChI=1S/C15H28N2O3/c1-5-20-14(19)12(15(2,3)4)13(18)16-8-11-17-9-6-7-10-17/h12H,5-11H2,1-4H3,(H,16,18). The van der Waals surface area contributed by atoms with Gasteiger partial charge in [0, 0.05) is 13.1 Å². The van der Waals surface area contributed by atoms with E-state index in [-0.39, 0.29) is 5.91 Å². The van der Waals surface area contributed by atoms with Crippen LogP contribution in [0.5, 0.6) is 0 Å². The number of nitrogens with zero attached hydrogens (tertiary/aromatic N) is 1. The summed E-state index contributed by atoms with van der Waals surface area (Å²) in [6.07, 6.45) is 2.47. The van der Waals surface area contributed by atoms with Crippen LogP contribution < -0.4 is 5.32 Å². The molecule has 1 heterocycles. The number of hydrogen-bond donors (Lipinski definition) is 1. The van der Waals surface area contributed by atoms with Crippen LogP contribution in [0.1, 0.15) is 40.5 Å². The fourth-order valence-electron chi connectivity index (χ4n) is 2.52. The maximum atomic E-state index is 12.2. The Hall–Kier alpha value is -1.10. The fourth-order valence-corrected chi connectivity index (χ4v) is 2.52. The Morgan fingerprint density at radius 1 is 1.25 bits per heavy atom. The molecule has 0 bridgehead atoms. The van der Waals surface area contributed by atoms with Gasteiger partial charge >= 0.3 is 5.97 Å². The molecular weight excluding hydrogens is 256 g/mol. The second kappa shape index (κ2) is 7.62. The number of likely N-dealkylation sites (tertiary alicyclic amines) is 1. The number of amides is 1. The summed E-state index contributed by atoms with van der Waals surface area (Å²) in [7, 11) is 0. The van der Waals surface area contributed by atoms with Crippen molar-refractivity contribution in [1.29, 1.82) is 0 Å². The molecule has 20 heavy (non-hydrogen) atoms. The van der Waals surface area contributed by atoms with E-state index in [9.17, 15) is 9.59 Å². The van der Waals surface area contributed by atoms with Crippen molar-refractivity contribution in [2.24, 2.45) is 11.3 Å². The monoisotopic (exact) mass is 284 g/mol. The van der Waals surface area contributed by atoms with Crippen LogP contribution in [0.25, 0.3) is 0 Å². The first-order valence-corrected chi connectivity index (χ1v) is 7.53. The van der Waals surface area contributed by atoms with E-state index in [0.29, 0.717) is 13.2 Å². The molecule has 1 rings (SSSR count). The number of carbonyl (C=O) groups is 2. The van der Waals surface area contributed by atoms with Gasteiger partial charge in [0.25, 0.3) is 0 Å². The normalized spacial score (nSPS) is 17.8. The predicted octanol–water partition coefficient (Wildman–Crippen LogP) is 1.42. The van der Waals surface area contributed by atoms with Crippen molar-refractivity contribution in [2.75, 3.05) is 32.8 Å². The first kappa shape index (κ1) is 17.0. The Bertz CT molecular complexity index is 331. The molecule has 116 valence electrons. The first-order chi connectivity index (χ1) is 9.36. The molecule has 1 amide bonds. The Labute approximate surface area is 122 Å². The molecule has 0 radical (unpaired) electrons. The minimum atomic E-state index is -0.749. The van der Waals surface area contributed by atoms with Crippen molar-refractivity contribution in [2.45, 2.75) is 40.5 Å². The minimum absolute atomic E-state index is 0.227. The van der Waals surface area contributed by atoms with Crippen LogP contribution in [0.4, 0.5) is 0 Å². The second-order valence-electron chi connectivity index (χ2n) is 6.39. The second-order valence-corrected chi connectivity index (χ2v) is 6.39. The highest BCUT2D eigenvalue weighted by Crippen LogP contribution is 2.27. The van der Waals surface area contributed by atoms with Gasteiger partial charge < -0.3 is 15.0 Å². The van der Waals surface area contributed by atoms with E-state index in [1.165, 1.54) is 12.8 Å². The third kappa shape index (κ3) is 5.12. The third-order valence-electron chi connectivity index (χ3n) is 3.58. The van der Waals surface area contributed by atoms with Gasteiger partial charge in [-0.05, 0) is 38.3 Å². The lowest BCUT2D eigenvalue weighted by molar-refractivity contribution is -0.156. The molecule has 1 aliphatic rings. The van der Waals surface area contributed by atoms with Crippen molar-refractivity contribution in [3.05, 3.63) is 0 Å². The highest BCUT2D eigenvalue weighted by molar-refractivity contribution is 5.98. The molecule has 0 aromatic carbocycles. The van der Waals surface area contributed by atoms with Gasteiger partial charge in [0.2, 0.25) is 5.91 Å². The highest BCUT2D eigenvalue weighted by atomic mass is 16.5. The van der Waals surface area contributed by atoms with Crippen molar-refractivity contribution in [1.82, 2.24) is 10.2 Å². The zero-order valence-corrected chi connectivity index (χ0v) is 13.2. The number of esters is 1. The van der Waals surface area contributed by atoms with E-state index in [0.717, 1.165) is 19.6 Å². The van der Waals surface area contributed by atoms with Gasteiger partial charge in [-0.25, -0.2) is 0 Å². The van der Waals surface area contributed by atoms with Gasteiger partial charge in [0.1, 0.15) is 5.92 Å². The summed E-state index contributed by atoms with van der Waals surface area (Å²) >= 11 is 0. The summed E-state index contributed by atoms with van der Waals surface area (Å²) < 4.78 is 5.02. The molecule has 1 saturated heterocycles. The van der Waals surface area contributed by atoms with Crippen LogP contribution in [0.15, 0.2) is 0 Å². The average molecular weight is 284 g/mol. The Morgan fingerprint density at radius 3 is 2.35 bits per heavy atom. The Kier molecular flexibility index (Phi) is 6.46. The number of nitrogens with one attached hydrogen (secondary N) is 1. The minimum Gasteiger partial charge on any atom is -0.465 e. The summed E-state index contributed by atoms with van der Waals surface area (Å²) in [6, 6.07) is 0. The van der Waals surface area contributed by atoms with Crippen molar-refractivity contribution in [3.63, 3.8) is 0 Å².